The molecule has 0 spiro atoms. The quantitative estimate of drug-likeness (QED) is 0.752. The summed E-state index contributed by atoms with van der Waals surface area (Å²) in [6.07, 6.45) is 5.36. The molecule has 0 radical (unpaired) electrons. The van der Waals surface area contributed by atoms with Gasteiger partial charge < -0.3 is 16.0 Å². The minimum absolute atomic E-state index is 0.557. The van der Waals surface area contributed by atoms with Crippen molar-refractivity contribution in [1.82, 2.24) is 14.9 Å². The molecule has 0 saturated carbocycles. The van der Waals surface area contributed by atoms with E-state index < -0.39 is 0 Å². The van der Waals surface area contributed by atoms with Gasteiger partial charge in [0.15, 0.2) is 0 Å². The van der Waals surface area contributed by atoms with Gasteiger partial charge in [0.25, 0.3) is 0 Å². The molecule has 5 heteroatoms. The standard InChI is InChI=1S/C12H21N5/c1-10-11(13)15-9-16-12(10)14-5-4-8-17-6-2-3-7-17/h9H,2-8H2,1H3,(H3,13,14,15,16). The average molecular weight is 235 g/mol. The van der Waals surface area contributed by atoms with Crippen molar-refractivity contribution < 1.29 is 0 Å². The van der Waals surface area contributed by atoms with E-state index >= 15 is 0 Å². The van der Waals surface area contributed by atoms with E-state index in [1.807, 2.05) is 6.92 Å². The number of nitrogen functional groups attached to an aromatic ring is 1. The van der Waals surface area contributed by atoms with E-state index in [0.717, 1.165) is 24.3 Å². The summed E-state index contributed by atoms with van der Waals surface area (Å²) in [7, 11) is 0. The normalized spacial score (nSPS) is 16.3. The fraction of sp³-hybridized carbons (Fsp3) is 0.667. The van der Waals surface area contributed by atoms with Crippen molar-refractivity contribution in [2.45, 2.75) is 26.2 Å². The van der Waals surface area contributed by atoms with Crippen molar-refractivity contribution in [2.24, 2.45) is 0 Å². The minimum atomic E-state index is 0.557. The number of hydrogen-bond acceptors (Lipinski definition) is 5. The molecule has 1 aromatic rings. The summed E-state index contributed by atoms with van der Waals surface area (Å²) in [5, 5.41) is 3.32. The molecule has 2 rings (SSSR count). The van der Waals surface area contributed by atoms with E-state index in [1.165, 1.54) is 38.8 Å². The molecule has 1 fully saturated rings. The van der Waals surface area contributed by atoms with Gasteiger partial charge in [0.1, 0.15) is 18.0 Å². The van der Waals surface area contributed by atoms with Crippen LogP contribution in [-0.4, -0.2) is 41.0 Å². The van der Waals surface area contributed by atoms with Crippen LogP contribution in [0.5, 0.6) is 0 Å². The van der Waals surface area contributed by atoms with Crippen LogP contribution in [0.4, 0.5) is 11.6 Å². The first-order chi connectivity index (χ1) is 8.27. The third-order valence-electron chi connectivity index (χ3n) is 3.27. The molecule has 0 bridgehead atoms. The lowest BCUT2D eigenvalue weighted by atomic mass is 10.3. The summed E-state index contributed by atoms with van der Waals surface area (Å²) in [5.41, 5.74) is 6.66. The highest BCUT2D eigenvalue weighted by Crippen LogP contribution is 2.14. The van der Waals surface area contributed by atoms with Gasteiger partial charge in [0.05, 0.1) is 0 Å². The van der Waals surface area contributed by atoms with Crippen molar-refractivity contribution in [3.63, 3.8) is 0 Å². The number of hydrogen-bond donors (Lipinski definition) is 2. The fourth-order valence-electron chi connectivity index (χ4n) is 2.16. The Morgan fingerprint density at radius 1 is 1.35 bits per heavy atom. The molecule has 1 aromatic heterocycles. The number of rotatable bonds is 5. The molecule has 0 unspecified atom stereocenters. The number of nitrogens with zero attached hydrogens (tertiary/aromatic N) is 3. The van der Waals surface area contributed by atoms with Gasteiger partial charge in [0, 0.05) is 12.1 Å². The van der Waals surface area contributed by atoms with E-state index in [9.17, 15) is 0 Å². The topological polar surface area (TPSA) is 67.1 Å². The average Bonchev–Trinajstić information content (AvgIpc) is 2.83. The number of nitrogens with two attached hydrogens (primary N) is 1. The summed E-state index contributed by atoms with van der Waals surface area (Å²) in [6, 6.07) is 0. The Hall–Kier alpha value is -1.36. The Bertz CT molecular complexity index is 360. The van der Waals surface area contributed by atoms with Crippen molar-refractivity contribution in [3.05, 3.63) is 11.9 Å². The first-order valence-corrected chi connectivity index (χ1v) is 6.30. The molecule has 2 heterocycles. The highest BCUT2D eigenvalue weighted by molar-refractivity contribution is 5.53. The molecule has 0 amide bonds. The number of nitrogens with one attached hydrogen (secondary N) is 1. The molecule has 0 atom stereocenters. The highest BCUT2D eigenvalue weighted by atomic mass is 15.1. The van der Waals surface area contributed by atoms with Gasteiger partial charge in [-0.3, -0.25) is 0 Å². The Morgan fingerprint density at radius 3 is 2.88 bits per heavy atom. The summed E-state index contributed by atoms with van der Waals surface area (Å²) < 4.78 is 0. The number of aromatic nitrogens is 2. The molecule has 0 aliphatic carbocycles. The fourth-order valence-corrected chi connectivity index (χ4v) is 2.16. The Balaban J connectivity index is 1.72. The lowest BCUT2D eigenvalue weighted by Gasteiger charge is -2.15. The van der Waals surface area contributed by atoms with E-state index in [4.69, 9.17) is 5.73 Å². The van der Waals surface area contributed by atoms with E-state index in [0.29, 0.717) is 5.82 Å². The van der Waals surface area contributed by atoms with E-state index in [2.05, 4.69) is 20.2 Å². The molecule has 1 aliphatic rings. The molecule has 0 aromatic carbocycles. The van der Waals surface area contributed by atoms with Gasteiger partial charge >= 0.3 is 0 Å². The smallest absolute Gasteiger partial charge is 0.134 e. The van der Waals surface area contributed by atoms with Crippen LogP contribution >= 0.6 is 0 Å². The summed E-state index contributed by atoms with van der Waals surface area (Å²) in [5.74, 6) is 1.42. The van der Waals surface area contributed by atoms with Gasteiger partial charge in [-0.1, -0.05) is 0 Å². The second kappa shape index (κ2) is 5.82. The van der Waals surface area contributed by atoms with Crippen molar-refractivity contribution in [2.75, 3.05) is 37.2 Å². The van der Waals surface area contributed by atoms with Crippen LogP contribution in [0.25, 0.3) is 0 Å². The second-order valence-electron chi connectivity index (χ2n) is 4.56. The molecule has 17 heavy (non-hydrogen) atoms. The van der Waals surface area contributed by atoms with Crippen LogP contribution in [0.2, 0.25) is 0 Å². The Labute approximate surface area is 102 Å². The zero-order chi connectivity index (χ0) is 12.1. The molecule has 5 nitrogen and oxygen atoms in total. The maximum atomic E-state index is 5.73. The van der Waals surface area contributed by atoms with E-state index in [1.54, 1.807) is 0 Å². The Kier molecular flexibility index (Phi) is 4.14. The van der Waals surface area contributed by atoms with Gasteiger partial charge in [-0.15, -0.1) is 0 Å². The van der Waals surface area contributed by atoms with Crippen molar-refractivity contribution in [1.29, 1.82) is 0 Å². The van der Waals surface area contributed by atoms with E-state index in [-0.39, 0.29) is 0 Å². The predicted molar refractivity (Wildman–Crippen MR) is 70.0 cm³/mol. The van der Waals surface area contributed by atoms with Gasteiger partial charge in [-0.25, -0.2) is 9.97 Å². The zero-order valence-corrected chi connectivity index (χ0v) is 10.4. The third kappa shape index (κ3) is 3.30. The SMILES string of the molecule is Cc1c(N)ncnc1NCCCN1CCCC1. The number of likely N-dealkylation sites (tertiary alicyclic amines) is 1. The first-order valence-electron chi connectivity index (χ1n) is 6.30. The lowest BCUT2D eigenvalue weighted by molar-refractivity contribution is 0.337. The zero-order valence-electron chi connectivity index (χ0n) is 10.4. The second-order valence-corrected chi connectivity index (χ2v) is 4.56. The van der Waals surface area contributed by atoms with Crippen LogP contribution in [-0.2, 0) is 0 Å². The monoisotopic (exact) mass is 235 g/mol. The lowest BCUT2D eigenvalue weighted by Crippen LogP contribution is -2.22. The summed E-state index contributed by atoms with van der Waals surface area (Å²) >= 11 is 0. The van der Waals surface area contributed by atoms with Crippen molar-refractivity contribution in [3.8, 4) is 0 Å². The molecule has 1 aliphatic heterocycles. The van der Waals surface area contributed by atoms with Gasteiger partial charge in [0.2, 0.25) is 0 Å². The molecular formula is C12H21N5. The van der Waals surface area contributed by atoms with Crippen LogP contribution in [0.3, 0.4) is 0 Å². The summed E-state index contributed by atoms with van der Waals surface area (Å²) in [6.45, 7) is 6.58. The molecule has 3 N–H and O–H groups in total. The van der Waals surface area contributed by atoms with Crippen LogP contribution in [0, 0.1) is 6.92 Å². The van der Waals surface area contributed by atoms with Crippen LogP contribution < -0.4 is 11.1 Å². The molecule has 94 valence electrons. The third-order valence-corrected chi connectivity index (χ3v) is 3.27. The summed E-state index contributed by atoms with van der Waals surface area (Å²) in [4.78, 5) is 10.7. The largest absolute Gasteiger partial charge is 0.383 e. The maximum Gasteiger partial charge on any atom is 0.134 e. The number of anilines is 2. The van der Waals surface area contributed by atoms with Gasteiger partial charge in [-0.2, -0.15) is 0 Å². The van der Waals surface area contributed by atoms with Crippen LogP contribution in [0.1, 0.15) is 24.8 Å². The first kappa shape index (κ1) is 12.1. The predicted octanol–water partition coefficient (Wildman–Crippen LogP) is 1.27. The highest BCUT2D eigenvalue weighted by Gasteiger charge is 2.10. The maximum absolute atomic E-state index is 5.73. The molecular weight excluding hydrogens is 214 g/mol. The molecule has 1 saturated heterocycles. The van der Waals surface area contributed by atoms with Gasteiger partial charge in [-0.05, 0) is 45.8 Å². The Morgan fingerprint density at radius 2 is 2.12 bits per heavy atom. The van der Waals surface area contributed by atoms with Crippen molar-refractivity contribution >= 4 is 11.6 Å². The van der Waals surface area contributed by atoms with Crippen LogP contribution in [0.15, 0.2) is 6.33 Å². The minimum Gasteiger partial charge on any atom is -0.383 e.